The number of ether oxygens (including phenoxy) is 1. The number of para-hydroxylation sites is 1. The van der Waals surface area contributed by atoms with Crippen molar-refractivity contribution in [3.8, 4) is 5.75 Å². The lowest BCUT2D eigenvalue weighted by molar-refractivity contribution is -0.130. The molecule has 0 bridgehead atoms. The summed E-state index contributed by atoms with van der Waals surface area (Å²) in [7, 11) is 3.42. The van der Waals surface area contributed by atoms with Crippen molar-refractivity contribution >= 4 is 5.91 Å². The molecule has 1 aromatic carbocycles. The molecule has 0 saturated carbocycles. The first-order chi connectivity index (χ1) is 8.58. The lowest BCUT2D eigenvalue weighted by Crippen LogP contribution is -2.32. The zero-order valence-corrected chi connectivity index (χ0v) is 11.3. The summed E-state index contributed by atoms with van der Waals surface area (Å²) < 4.78 is 5.27. The molecule has 0 fully saturated rings. The highest BCUT2D eigenvalue weighted by Crippen LogP contribution is 2.19. The van der Waals surface area contributed by atoms with Crippen LogP contribution in [-0.4, -0.2) is 31.0 Å². The Hall–Kier alpha value is -1.55. The third-order valence-electron chi connectivity index (χ3n) is 2.99. The molecule has 0 aliphatic heterocycles. The number of methoxy groups -OCH3 is 1. The third kappa shape index (κ3) is 4.04. The number of nitrogens with zero attached hydrogens (tertiary/aromatic N) is 1. The Morgan fingerprint density at radius 3 is 2.72 bits per heavy atom. The standard InChI is InChI=1S/C14H22N2O2/c1-4-12(15)9-14(17)16(2)10-11-7-5-6-8-13(11)18-3/h5-8,12H,4,9-10,15H2,1-3H3. The summed E-state index contributed by atoms with van der Waals surface area (Å²) in [6.45, 7) is 2.53. The first-order valence-corrected chi connectivity index (χ1v) is 6.19. The second kappa shape index (κ2) is 7.01. The van der Waals surface area contributed by atoms with Gasteiger partial charge in [-0.25, -0.2) is 0 Å². The molecular weight excluding hydrogens is 228 g/mol. The fourth-order valence-electron chi connectivity index (χ4n) is 1.70. The van der Waals surface area contributed by atoms with Crippen LogP contribution in [0.4, 0.5) is 0 Å². The Balaban J connectivity index is 2.63. The van der Waals surface area contributed by atoms with Crippen LogP contribution < -0.4 is 10.5 Å². The van der Waals surface area contributed by atoms with Crippen molar-refractivity contribution in [2.45, 2.75) is 32.4 Å². The molecule has 0 saturated heterocycles. The van der Waals surface area contributed by atoms with Crippen molar-refractivity contribution in [3.63, 3.8) is 0 Å². The van der Waals surface area contributed by atoms with Crippen LogP contribution in [0.2, 0.25) is 0 Å². The monoisotopic (exact) mass is 250 g/mol. The Labute approximate surface area is 109 Å². The number of benzene rings is 1. The summed E-state index contributed by atoms with van der Waals surface area (Å²) in [4.78, 5) is 13.6. The normalized spacial score (nSPS) is 12.0. The molecule has 0 aliphatic rings. The number of hydrogen-bond acceptors (Lipinski definition) is 3. The number of rotatable bonds is 6. The number of hydrogen-bond donors (Lipinski definition) is 1. The summed E-state index contributed by atoms with van der Waals surface area (Å²) in [6, 6.07) is 7.65. The molecule has 1 amide bonds. The lowest BCUT2D eigenvalue weighted by atomic mass is 10.1. The van der Waals surface area contributed by atoms with Gasteiger partial charge in [-0.05, 0) is 12.5 Å². The topological polar surface area (TPSA) is 55.6 Å². The molecule has 2 N–H and O–H groups in total. The first kappa shape index (κ1) is 14.5. The third-order valence-corrected chi connectivity index (χ3v) is 2.99. The number of nitrogens with two attached hydrogens (primary N) is 1. The van der Waals surface area contributed by atoms with Crippen LogP contribution >= 0.6 is 0 Å². The average molecular weight is 250 g/mol. The van der Waals surface area contributed by atoms with Crippen molar-refractivity contribution in [1.82, 2.24) is 4.90 Å². The van der Waals surface area contributed by atoms with Gasteiger partial charge < -0.3 is 15.4 Å². The minimum Gasteiger partial charge on any atom is -0.496 e. The number of amides is 1. The molecule has 100 valence electrons. The molecule has 0 spiro atoms. The Bertz CT molecular complexity index is 393. The minimum atomic E-state index is -0.0578. The highest BCUT2D eigenvalue weighted by atomic mass is 16.5. The molecule has 1 aromatic rings. The Kier molecular flexibility index (Phi) is 5.65. The summed E-state index contributed by atoms with van der Waals surface area (Å²) in [5.74, 6) is 0.868. The van der Waals surface area contributed by atoms with Crippen molar-refractivity contribution in [2.24, 2.45) is 5.73 Å². The van der Waals surface area contributed by atoms with Gasteiger partial charge in [-0.15, -0.1) is 0 Å². The summed E-state index contributed by atoms with van der Waals surface area (Å²) in [5, 5.41) is 0. The van der Waals surface area contributed by atoms with Crippen LogP contribution in [0, 0.1) is 0 Å². The van der Waals surface area contributed by atoms with Gasteiger partial charge in [-0.1, -0.05) is 25.1 Å². The molecule has 18 heavy (non-hydrogen) atoms. The summed E-state index contributed by atoms with van der Waals surface area (Å²) >= 11 is 0. The maximum atomic E-state index is 11.9. The smallest absolute Gasteiger partial charge is 0.224 e. The van der Waals surface area contributed by atoms with E-state index in [-0.39, 0.29) is 11.9 Å². The van der Waals surface area contributed by atoms with E-state index in [4.69, 9.17) is 10.5 Å². The van der Waals surface area contributed by atoms with E-state index >= 15 is 0 Å². The molecule has 1 atom stereocenters. The maximum Gasteiger partial charge on any atom is 0.224 e. The molecular formula is C14H22N2O2. The molecule has 4 nitrogen and oxygen atoms in total. The Morgan fingerprint density at radius 2 is 2.11 bits per heavy atom. The van der Waals surface area contributed by atoms with E-state index in [1.165, 1.54) is 0 Å². The molecule has 1 unspecified atom stereocenters. The van der Waals surface area contributed by atoms with E-state index in [2.05, 4.69) is 0 Å². The largest absolute Gasteiger partial charge is 0.496 e. The van der Waals surface area contributed by atoms with Crippen LogP contribution in [0.3, 0.4) is 0 Å². The molecule has 0 heterocycles. The van der Waals surface area contributed by atoms with E-state index in [0.717, 1.165) is 17.7 Å². The van der Waals surface area contributed by atoms with Crippen LogP contribution in [0.15, 0.2) is 24.3 Å². The predicted molar refractivity (Wildman–Crippen MR) is 72.4 cm³/mol. The van der Waals surface area contributed by atoms with Gasteiger partial charge in [0.1, 0.15) is 5.75 Å². The quantitative estimate of drug-likeness (QED) is 0.837. The van der Waals surface area contributed by atoms with Crippen LogP contribution in [0.1, 0.15) is 25.3 Å². The molecule has 1 rings (SSSR count). The maximum absolute atomic E-state index is 11.9. The van der Waals surface area contributed by atoms with Gasteiger partial charge >= 0.3 is 0 Å². The highest BCUT2D eigenvalue weighted by Gasteiger charge is 2.14. The highest BCUT2D eigenvalue weighted by molar-refractivity contribution is 5.76. The van der Waals surface area contributed by atoms with Crippen LogP contribution in [0.5, 0.6) is 5.75 Å². The van der Waals surface area contributed by atoms with Crippen LogP contribution in [-0.2, 0) is 11.3 Å². The fourth-order valence-corrected chi connectivity index (χ4v) is 1.70. The summed E-state index contributed by atoms with van der Waals surface area (Å²) in [6.07, 6.45) is 1.20. The van der Waals surface area contributed by atoms with Gasteiger partial charge in [0.25, 0.3) is 0 Å². The predicted octanol–water partition coefficient (Wildman–Crippen LogP) is 1.78. The number of carbonyl (C=O) groups excluding carboxylic acids is 1. The van der Waals surface area contributed by atoms with Gasteiger partial charge in [0.2, 0.25) is 5.91 Å². The van der Waals surface area contributed by atoms with Gasteiger partial charge in [-0.3, -0.25) is 4.79 Å². The first-order valence-electron chi connectivity index (χ1n) is 6.19. The van der Waals surface area contributed by atoms with E-state index in [9.17, 15) is 4.79 Å². The average Bonchev–Trinajstić information content (AvgIpc) is 2.39. The second-order valence-electron chi connectivity index (χ2n) is 4.43. The van der Waals surface area contributed by atoms with Gasteiger partial charge in [0.05, 0.1) is 7.11 Å². The van der Waals surface area contributed by atoms with Gasteiger partial charge in [0.15, 0.2) is 0 Å². The molecule has 0 aromatic heterocycles. The zero-order valence-electron chi connectivity index (χ0n) is 11.3. The fraction of sp³-hybridized carbons (Fsp3) is 0.500. The Morgan fingerprint density at radius 1 is 1.44 bits per heavy atom. The van der Waals surface area contributed by atoms with E-state index < -0.39 is 0 Å². The molecule has 4 heteroatoms. The SMILES string of the molecule is CCC(N)CC(=O)N(C)Cc1ccccc1OC. The minimum absolute atomic E-state index is 0.0578. The van der Waals surface area contributed by atoms with E-state index in [1.807, 2.05) is 31.2 Å². The lowest BCUT2D eigenvalue weighted by Gasteiger charge is -2.20. The molecule has 0 radical (unpaired) electrons. The van der Waals surface area contributed by atoms with Gasteiger partial charge in [-0.2, -0.15) is 0 Å². The summed E-state index contributed by atoms with van der Waals surface area (Å²) in [5.41, 5.74) is 6.79. The van der Waals surface area contributed by atoms with Crippen molar-refractivity contribution < 1.29 is 9.53 Å². The van der Waals surface area contributed by atoms with E-state index in [0.29, 0.717) is 13.0 Å². The van der Waals surface area contributed by atoms with E-state index in [1.54, 1.807) is 19.1 Å². The molecule has 0 aliphatic carbocycles. The van der Waals surface area contributed by atoms with Crippen molar-refractivity contribution in [1.29, 1.82) is 0 Å². The van der Waals surface area contributed by atoms with Crippen molar-refractivity contribution in [2.75, 3.05) is 14.2 Å². The number of carbonyl (C=O) groups is 1. The van der Waals surface area contributed by atoms with Gasteiger partial charge in [0, 0.05) is 31.6 Å². The zero-order chi connectivity index (χ0) is 13.5. The second-order valence-corrected chi connectivity index (χ2v) is 4.43. The van der Waals surface area contributed by atoms with Crippen LogP contribution in [0.25, 0.3) is 0 Å². The van der Waals surface area contributed by atoms with Crippen molar-refractivity contribution in [3.05, 3.63) is 29.8 Å².